The molecule has 0 spiro atoms. The van der Waals surface area contributed by atoms with E-state index in [2.05, 4.69) is 11.2 Å². The van der Waals surface area contributed by atoms with Gasteiger partial charge >= 0.3 is 6.09 Å². The van der Waals surface area contributed by atoms with Crippen LogP contribution in [0.3, 0.4) is 0 Å². The van der Waals surface area contributed by atoms with Gasteiger partial charge in [-0.05, 0) is 51.3 Å². The van der Waals surface area contributed by atoms with E-state index >= 15 is 0 Å². The summed E-state index contributed by atoms with van der Waals surface area (Å²) in [6.07, 6.45) is 7.02. The van der Waals surface area contributed by atoms with Crippen LogP contribution in [-0.2, 0) is 4.74 Å². The third-order valence-corrected chi connectivity index (χ3v) is 4.43. The molecule has 25 heavy (non-hydrogen) atoms. The Bertz CT molecular complexity index is 710. The zero-order valence-electron chi connectivity index (χ0n) is 15.1. The summed E-state index contributed by atoms with van der Waals surface area (Å²) in [6.45, 7) is 7.11. The quantitative estimate of drug-likeness (QED) is 0.843. The number of ether oxygens (including phenoxy) is 1. The van der Waals surface area contributed by atoms with Crippen molar-refractivity contribution in [3.63, 3.8) is 0 Å². The number of amidine groups is 1. The molecule has 1 fully saturated rings. The molecule has 1 amide bonds. The minimum atomic E-state index is -0.490. The molecule has 3 rings (SSSR count). The van der Waals surface area contributed by atoms with Crippen LogP contribution in [0.4, 0.5) is 4.79 Å². The van der Waals surface area contributed by atoms with Crippen LogP contribution in [0.2, 0.25) is 0 Å². The Kier molecular flexibility index (Phi) is 4.71. The summed E-state index contributed by atoms with van der Waals surface area (Å²) in [4.78, 5) is 19.1. The molecule has 2 heterocycles. The topological polar surface area (TPSA) is 53.9 Å². The Morgan fingerprint density at radius 1 is 1.36 bits per heavy atom. The predicted octanol–water partition coefficient (Wildman–Crippen LogP) is 3.11. The second-order valence-corrected chi connectivity index (χ2v) is 7.51. The van der Waals surface area contributed by atoms with Gasteiger partial charge < -0.3 is 10.1 Å². The maximum absolute atomic E-state index is 12.5. The van der Waals surface area contributed by atoms with E-state index in [4.69, 9.17) is 16.2 Å². The van der Waals surface area contributed by atoms with E-state index in [1.54, 1.807) is 4.90 Å². The van der Waals surface area contributed by atoms with Gasteiger partial charge in [-0.2, -0.15) is 0 Å². The number of carbonyl (C=O) groups excluding carboxylic acids is 1. The Hall–Kier alpha value is -2.48. The fourth-order valence-corrected chi connectivity index (χ4v) is 3.25. The molecule has 0 bridgehead atoms. The summed E-state index contributed by atoms with van der Waals surface area (Å²) in [5.41, 5.74) is 1.50. The van der Waals surface area contributed by atoms with Crippen LogP contribution in [0.5, 0.6) is 0 Å². The molecule has 5 nitrogen and oxygen atoms in total. The van der Waals surface area contributed by atoms with Crippen molar-refractivity contribution >= 4 is 11.9 Å². The number of hydrogen-bond acceptors (Lipinski definition) is 4. The van der Waals surface area contributed by atoms with Crippen LogP contribution >= 0.6 is 0 Å². The number of nitrogens with zero attached hydrogens (tertiary/aromatic N) is 2. The fraction of sp³-hybridized carbons (Fsp3) is 0.500. The number of carbonyl (C=O) groups is 1. The maximum atomic E-state index is 12.5. The SMILES string of the molecule is C#Cc1ccc(C2CNC([C@@H]3CCCN3C(=O)OC(C)(C)C)=N2)cc1. The largest absolute Gasteiger partial charge is 0.444 e. The molecule has 0 aliphatic carbocycles. The van der Waals surface area contributed by atoms with Crippen molar-refractivity contribution in [3.8, 4) is 12.3 Å². The smallest absolute Gasteiger partial charge is 0.410 e. The van der Waals surface area contributed by atoms with Gasteiger partial charge in [0.25, 0.3) is 0 Å². The van der Waals surface area contributed by atoms with E-state index in [-0.39, 0.29) is 18.2 Å². The monoisotopic (exact) mass is 339 g/mol. The maximum Gasteiger partial charge on any atom is 0.410 e. The molecule has 0 aromatic heterocycles. The molecule has 132 valence electrons. The van der Waals surface area contributed by atoms with E-state index in [0.29, 0.717) is 6.54 Å². The molecule has 2 aliphatic rings. The molecule has 0 radical (unpaired) electrons. The van der Waals surface area contributed by atoms with Gasteiger partial charge in [-0.25, -0.2) is 4.79 Å². The summed E-state index contributed by atoms with van der Waals surface area (Å²) >= 11 is 0. The van der Waals surface area contributed by atoms with Crippen LogP contribution in [0.25, 0.3) is 0 Å². The lowest BCUT2D eigenvalue weighted by Crippen LogP contribution is -2.46. The Balaban J connectivity index is 1.72. The van der Waals surface area contributed by atoms with Crippen molar-refractivity contribution in [1.82, 2.24) is 10.2 Å². The highest BCUT2D eigenvalue weighted by atomic mass is 16.6. The van der Waals surface area contributed by atoms with Gasteiger partial charge in [0.2, 0.25) is 0 Å². The number of benzene rings is 1. The van der Waals surface area contributed by atoms with Gasteiger partial charge in [-0.1, -0.05) is 18.1 Å². The molecule has 1 aromatic carbocycles. The van der Waals surface area contributed by atoms with Crippen LogP contribution in [0.1, 0.15) is 50.8 Å². The first-order valence-corrected chi connectivity index (χ1v) is 8.75. The highest BCUT2D eigenvalue weighted by Crippen LogP contribution is 2.27. The zero-order valence-corrected chi connectivity index (χ0v) is 15.1. The molecule has 0 saturated carbocycles. The van der Waals surface area contributed by atoms with Crippen LogP contribution in [-0.4, -0.2) is 41.6 Å². The van der Waals surface area contributed by atoms with E-state index in [0.717, 1.165) is 36.3 Å². The number of amides is 1. The molecular formula is C20H25N3O2. The van der Waals surface area contributed by atoms with Crippen LogP contribution in [0, 0.1) is 12.3 Å². The number of nitrogens with one attached hydrogen (secondary N) is 1. The summed E-state index contributed by atoms with van der Waals surface area (Å²) in [7, 11) is 0. The van der Waals surface area contributed by atoms with Crippen molar-refractivity contribution < 1.29 is 9.53 Å². The average Bonchev–Trinajstić information content (AvgIpc) is 3.22. The lowest BCUT2D eigenvalue weighted by Gasteiger charge is -2.28. The predicted molar refractivity (Wildman–Crippen MR) is 98.5 cm³/mol. The van der Waals surface area contributed by atoms with Gasteiger partial charge in [0.15, 0.2) is 0 Å². The lowest BCUT2D eigenvalue weighted by atomic mass is 10.1. The van der Waals surface area contributed by atoms with Gasteiger partial charge in [0.1, 0.15) is 11.4 Å². The number of terminal acetylenes is 1. The summed E-state index contributed by atoms with van der Waals surface area (Å²) in [6, 6.07) is 7.95. The molecule has 1 saturated heterocycles. The Morgan fingerprint density at radius 2 is 2.08 bits per heavy atom. The van der Waals surface area contributed by atoms with Crippen molar-refractivity contribution in [1.29, 1.82) is 0 Å². The van der Waals surface area contributed by atoms with E-state index in [9.17, 15) is 4.79 Å². The lowest BCUT2D eigenvalue weighted by molar-refractivity contribution is 0.0264. The van der Waals surface area contributed by atoms with E-state index in [1.807, 2.05) is 45.0 Å². The summed E-state index contributed by atoms with van der Waals surface area (Å²) in [5, 5.41) is 3.38. The van der Waals surface area contributed by atoms with E-state index < -0.39 is 5.60 Å². The molecule has 1 unspecified atom stereocenters. The zero-order chi connectivity index (χ0) is 18.0. The Labute approximate surface area is 149 Å². The van der Waals surface area contributed by atoms with Crippen molar-refractivity contribution in [2.24, 2.45) is 4.99 Å². The second-order valence-electron chi connectivity index (χ2n) is 7.51. The average molecular weight is 339 g/mol. The molecular weight excluding hydrogens is 314 g/mol. The standard InChI is InChI=1S/C20H25N3O2/c1-5-14-8-10-15(11-9-14)16-13-21-18(22-16)17-7-6-12-23(17)19(24)25-20(2,3)4/h1,8-11,16-17H,6-7,12-13H2,2-4H3,(H,21,22)/t16?,17-/m0/s1. The van der Waals surface area contributed by atoms with Crippen molar-refractivity contribution in [2.75, 3.05) is 13.1 Å². The normalized spacial score (nSPS) is 23.0. The number of likely N-dealkylation sites (tertiary alicyclic amines) is 1. The minimum absolute atomic E-state index is 0.0233. The van der Waals surface area contributed by atoms with Gasteiger partial charge in [-0.3, -0.25) is 9.89 Å². The number of aliphatic imine (C=N–C) groups is 1. The first-order valence-electron chi connectivity index (χ1n) is 8.75. The molecule has 5 heteroatoms. The highest BCUT2D eigenvalue weighted by Gasteiger charge is 2.37. The van der Waals surface area contributed by atoms with Crippen molar-refractivity contribution in [2.45, 2.75) is 51.3 Å². The van der Waals surface area contributed by atoms with Gasteiger partial charge in [-0.15, -0.1) is 6.42 Å². The molecule has 1 N–H and O–H groups in total. The van der Waals surface area contributed by atoms with Gasteiger partial charge in [0.05, 0.1) is 12.1 Å². The molecule has 1 aromatic rings. The minimum Gasteiger partial charge on any atom is -0.444 e. The third kappa shape index (κ3) is 3.96. The number of hydrogen-bond donors (Lipinski definition) is 1. The molecule has 2 aliphatic heterocycles. The second kappa shape index (κ2) is 6.79. The summed E-state index contributed by atoms with van der Waals surface area (Å²) < 4.78 is 5.53. The van der Waals surface area contributed by atoms with E-state index in [1.165, 1.54) is 0 Å². The summed E-state index contributed by atoms with van der Waals surface area (Å²) in [5.74, 6) is 3.51. The first kappa shape index (κ1) is 17.3. The van der Waals surface area contributed by atoms with Gasteiger partial charge in [0, 0.05) is 18.7 Å². The third-order valence-electron chi connectivity index (χ3n) is 4.43. The Morgan fingerprint density at radius 3 is 2.72 bits per heavy atom. The fourth-order valence-electron chi connectivity index (χ4n) is 3.25. The molecule has 2 atom stereocenters. The number of rotatable bonds is 2. The van der Waals surface area contributed by atoms with Crippen LogP contribution in [0.15, 0.2) is 29.3 Å². The first-order chi connectivity index (χ1) is 11.9. The highest BCUT2D eigenvalue weighted by molar-refractivity contribution is 5.92. The van der Waals surface area contributed by atoms with Crippen molar-refractivity contribution in [3.05, 3.63) is 35.4 Å². The van der Waals surface area contributed by atoms with Crippen LogP contribution < -0.4 is 5.32 Å².